The summed E-state index contributed by atoms with van der Waals surface area (Å²) in [6, 6.07) is 7.79. The number of nitrogens with one attached hydrogen (secondary N) is 1. The normalized spacial score (nSPS) is 16.0. The first-order valence-corrected chi connectivity index (χ1v) is 11.7. The Labute approximate surface area is 179 Å². The van der Waals surface area contributed by atoms with Gasteiger partial charge in [0.05, 0.1) is 6.04 Å². The summed E-state index contributed by atoms with van der Waals surface area (Å²) in [4.78, 5) is 20.4. The van der Waals surface area contributed by atoms with E-state index in [2.05, 4.69) is 15.3 Å². The van der Waals surface area contributed by atoms with Crippen molar-refractivity contribution < 1.29 is 26.7 Å². The van der Waals surface area contributed by atoms with Gasteiger partial charge in [-0.15, -0.1) is 0 Å². The number of carbonyl (C=O) groups excluding carboxylic acids is 1. The second kappa shape index (κ2) is 9.09. The zero-order chi connectivity index (χ0) is 22.6. The third-order valence-corrected chi connectivity index (χ3v) is 5.49. The fourth-order valence-electron chi connectivity index (χ4n) is 2.99. The highest BCUT2D eigenvalue weighted by molar-refractivity contribution is 7.93. The highest BCUT2D eigenvalue weighted by Crippen LogP contribution is 2.32. The summed E-state index contributed by atoms with van der Waals surface area (Å²) in [6.07, 6.45) is 6.14. The van der Waals surface area contributed by atoms with Crippen LogP contribution in [-0.2, 0) is 15.8 Å². The molecule has 3 rings (SSSR count). The van der Waals surface area contributed by atoms with Crippen LogP contribution in [0.3, 0.4) is 0 Å². The van der Waals surface area contributed by atoms with Crippen molar-refractivity contribution in [2.45, 2.75) is 38.2 Å². The molecule has 166 valence electrons. The average molecular weight is 451 g/mol. The number of hydrogen-bond donors (Lipinski definition) is 1. The Kier molecular flexibility index (Phi) is 6.68. The van der Waals surface area contributed by atoms with Crippen LogP contribution in [0.4, 0.5) is 8.78 Å². The molecule has 1 N–H and O–H groups in total. The Morgan fingerprint density at radius 2 is 1.97 bits per heavy atom. The molecule has 1 fully saturated rings. The summed E-state index contributed by atoms with van der Waals surface area (Å²) in [7, 11) is -3.37. The number of aromatic nitrogens is 2. The first kappa shape index (κ1) is 22.8. The second-order valence-corrected chi connectivity index (χ2v) is 9.50. The lowest BCUT2D eigenvalue weighted by Gasteiger charge is -2.32. The zero-order valence-electron chi connectivity index (χ0n) is 17.1. The number of rotatable bonds is 8. The number of hydrogen-bond acceptors (Lipinski definition) is 6. The van der Waals surface area contributed by atoms with Crippen molar-refractivity contribution in [3.8, 4) is 11.6 Å². The molecule has 1 aromatic carbocycles. The third-order valence-electron chi connectivity index (χ3n) is 4.84. The van der Waals surface area contributed by atoms with Crippen molar-refractivity contribution >= 4 is 15.7 Å². The van der Waals surface area contributed by atoms with Gasteiger partial charge < -0.3 is 10.1 Å². The van der Waals surface area contributed by atoms with Gasteiger partial charge in [0.1, 0.15) is 11.3 Å². The van der Waals surface area contributed by atoms with E-state index in [1.54, 1.807) is 30.3 Å². The lowest BCUT2D eigenvalue weighted by Crippen LogP contribution is -2.42. The van der Waals surface area contributed by atoms with Crippen LogP contribution < -0.4 is 10.1 Å². The van der Waals surface area contributed by atoms with E-state index in [4.69, 9.17) is 4.74 Å². The fourth-order valence-corrected chi connectivity index (χ4v) is 3.44. The highest BCUT2D eigenvalue weighted by atomic mass is 32.2. The quantitative estimate of drug-likeness (QED) is 0.655. The molecule has 0 aliphatic heterocycles. The number of benzene rings is 1. The van der Waals surface area contributed by atoms with Gasteiger partial charge >= 0.3 is 5.92 Å². The summed E-state index contributed by atoms with van der Waals surface area (Å²) in [6.45, 7) is 0.650. The van der Waals surface area contributed by atoms with Crippen LogP contribution >= 0.6 is 0 Å². The molecule has 0 radical (unpaired) electrons. The third kappa shape index (κ3) is 6.30. The molecule has 0 unspecified atom stereocenters. The summed E-state index contributed by atoms with van der Waals surface area (Å²) in [5, 5.41) is 3.81. The zero-order valence-corrected chi connectivity index (χ0v) is 17.9. The molecule has 31 heavy (non-hydrogen) atoms. The van der Waals surface area contributed by atoms with Gasteiger partial charge in [-0.3, -0.25) is 4.79 Å². The maximum Gasteiger partial charge on any atom is 0.303 e. The molecule has 1 atom stereocenters. The summed E-state index contributed by atoms with van der Waals surface area (Å²) in [5.41, 5.74) is -0.131. The minimum Gasteiger partial charge on any atom is -0.438 e. The maximum absolute atomic E-state index is 13.7. The standard InChI is InChI=1S/C21H23F2N3O4S/c1-21(22,23)20-24-13-16(19(26-20)30-15-9-4-3-5-10-15)18(27)25-17(14-7-6-8-14)11-12-31(2,28)29/h3-5,9-14,17H,6-8H2,1-2H3,(H,25,27)/b12-11+/t17-/m1/s1. The van der Waals surface area contributed by atoms with Gasteiger partial charge in [0.15, 0.2) is 9.84 Å². The predicted molar refractivity (Wildman–Crippen MR) is 111 cm³/mol. The molecule has 2 aromatic rings. The minimum atomic E-state index is -3.37. The van der Waals surface area contributed by atoms with E-state index < -0.39 is 33.5 Å². The summed E-state index contributed by atoms with van der Waals surface area (Å²) >= 11 is 0. The number of ether oxygens (including phenoxy) is 1. The molecule has 1 saturated carbocycles. The monoisotopic (exact) mass is 451 g/mol. The second-order valence-electron chi connectivity index (χ2n) is 7.56. The molecular weight excluding hydrogens is 428 g/mol. The number of para-hydroxylation sites is 1. The number of halogens is 2. The Hall–Kier alpha value is -2.88. The van der Waals surface area contributed by atoms with Gasteiger partial charge in [-0.1, -0.05) is 30.7 Å². The number of sulfone groups is 1. The van der Waals surface area contributed by atoms with E-state index in [0.29, 0.717) is 12.7 Å². The Morgan fingerprint density at radius 3 is 2.52 bits per heavy atom. The van der Waals surface area contributed by atoms with Crippen molar-refractivity contribution in [1.29, 1.82) is 0 Å². The molecule has 1 amide bonds. The molecule has 1 aromatic heterocycles. The number of nitrogens with zero attached hydrogens (tertiary/aromatic N) is 2. The first-order chi connectivity index (χ1) is 14.5. The molecule has 0 bridgehead atoms. The predicted octanol–water partition coefficient (Wildman–Crippen LogP) is 3.84. The van der Waals surface area contributed by atoms with Crippen LogP contribution in [0.25, 0.3) is 0 Å². The van der Waals surface area contributed by atoms with E-state index >= 15 is 0 Å². The molecule has 1 heterocycles. The Bertz CT molecular complexity index is 1070. The van der Waals surface area contributed by atoms with E-state index in [1.165, 1.54) is 6.08 Å². The highest BCUT2D eigenvalue weighted by Gasteiger charge is 2.32. The lowest BCUT2D eigenvalue weighted by molar-refractivity contribution is 0.00707. The van der Waals surface area contributed by atoms with Gasteiger partial charge in [-0.2, -0.15) is 13.8 Å². The van der Waals surface area contributed by atoms with Crippen molar-refractivity contribution in [1.82, 2.24) is 15.3 Å². The largest absolute Gasteiger partial charge is 0.438 e. The number of alkyl halides is 2. The molecule has 1 aliphatic rings. The topological polar surface area (TPSA) is 98.2 Å². The molecule has 0 saturated heterocycles. The van der Waals surface area contributed by atoms with Crippen LogP contribution in [0.2, 0.25) is 0 Å². The van der Waals surface area contributed by atoms with Crippen LogP contribution in [0.1, 0.15) is 42.4 Å². The number of amides is 1. The van der Waals surface area contributed by atoms with Gasteiger partial charge in [0.25, 0.3) is 5.91 Å². The SMILES string of the molecule is CC(F)(F)c1ncc(C(=O)N[C@H](/C=C/S(C)(=O)=O)C2CCC2)c(Oc2ccccc2)n1. The van der Waals surface area contributed by atoms with Crippen molar-refractivity contribution in [2.24, 2.45) is 5.92 Å². The van der Waals surface area contributed by atoms with Gasteiger partial charge in [0, 0.05) is 24.8 Å². The fraction of sp³-hybridized carbons (Fsp3) is 0.381. The average Bonchev–Trinajstić information content (AvgIpc) is 2.64. The Morgan fingerprint density at radius 1 is 1.29 bits per heavy atom. The van der Waals surface area contributed by atoms with E-state index in [1.807, 2.05) is 0 Å². The smallest absolute Gasteiger partial charge is 0.303 e. The first-order valence-electron chi connectivity index (χ1n) is 9.70. The molecule has 0 spiro atoms. The van der Waals surface area contributed by atoms with E-state index in [9.17, 15) is 22.0 Å². The van der Waals surface area contributed by atoms with Crippen molar-refractivity contribution in [3.05, 3.63) is 59.4 Å². The van der Waals surface area contributed by atoms with E-state index in [0.717, 1.165) is 37.1 Å². The van der Waals surface area contributed by atoms with Crippen LogP contribution in [0.5, 0.6) is 11.6 Å². The van der Waals surface area contributed by atoms with Gasteiger partial charge in [-0.25, -0.2) is 13.4 Å². The van der Waals surface area contributed by atoms with Crippen LogP contribution in [0.15, 0.2) is 48.0 Å². The molecule has 7 nitrogen and oxygen atoms in total. The summed E-state index contributed by atoms with van der Waals surface area (Å²) in [5.74, 6) is -4.66. The molecule has 1 aliphatic carbocycles. The van der Waals surface area contributed by atoms with Crippen molar-refractivity contribution in [2.75, 3.05) is 6.26 Å². The Balaban J connectivity index is 1.91. The van der Waals surface area contributed by atoms with Gasteiger partial charge in [-0.05, 0) is 30.9 Å². The van der Waals surface area contributed by atoms with Crippen molar-refractivity contribution in [3.63, 3.8) is 0 Å². The number of carbonyl (C=O) groups is 1. The maximum atomic E-state index is 13.7. The van der Waals surface area contributed by atoms with E-state index in [-0.39, 0.29) is 17.4 Å². The minimum absolute atomic E-state index is 0.0839. The molecule has 10 heteroatoms. The lowest BCUT2D eigenvalue weighted by atomic mass is 9.79. The van der Waals surface area contributed by atoms with Gasteiger partial charge in [0.2, 0.25) is 11.7 Å². The molecular formula is C21H23F2N3O4S. The van der Waals surface area contributed by atoms with Crippen LogP contribution in [-0.4, -0.2) is 36.6 Å². The summed E-state index contributed by atoms with van der Waals surface area (Å²) < 4.78 is 56.1. The van der Waals surface area contributed by atoms with Crippen LogP contribution in [0, 0.1) is 5.92 Å².